The van der Waals surface area contributed by atoms with E-state index in [1.54, 1.807) is 18.2 Å². The Labute approximate surface area is 228 Å². The lowest BCUT2D eigenvalue weighted by Crippen LogP contribution is -2.19. The predicted octanol–water partition coefficient (Wildman–Crippen LogP) is 5.56. The molecule has 0 aromatic heterocycles. The molecule has 202 valence electrons. The van der Waals surface area contributed by atoms with Crippen molar-refractivity contribution < 1.29 is 34.0 Å². The Hall–Kier alpha value is -4.15. The van der Waals surface area contributed by atoms with Crippen LogP contribution in [0.5, 0.6) is 11.5 Å². The Morgan fingerprint density at radius 2 is 1.90 bits per heavy atom. The average Bonchev–Trinajstić information content (AvgIpc) is 3.26. The van der Waals surface area contributed by atoms with Crippen molar-refractivity contribution >= 4 is 40.6 Å². The normalized spacial score (nSPS) is 15.9. The molecular formula is C29H27FN2O6S. The molecule has 1 aliphatic heterocycles. The van der Waals surface area contributed by atoms with Gasteiger partial charge in [-0.3, -0.25) is 9.59 Å². The number of halogens is 1. The van der Waals surface area contributed by atoms with Crippen molar-refractivity contribution in [1.82, 2.24) is 5.32 Å². The maximum atomic E-state index is 14.7. The number of rotatable bonds is 9. The van der Waals surface area contributed by atoms with Crippen molar-refractivity contribution in [3.05, 3.63) is 82.0 Å². The molecule has 3 aromatic rings. The van der Waals surface area contributed by atoms with Crippen LogP contribution in [-0.2, 0) is 16.2 Å². The van der Waals surface area contributed by atoms with Gasteiger partial charge >= 0.3 is 5.97 Å². The zero-order chi connectivity index (χ0) is 28.1. The van der Waals surface area contributed by atoms with Crippen LogP contribution in [0.2, 0.25) is 0 Å². The van der Waals surface area contributed by atoms with Gasteiger partial charge in [-0.05, 0) is 65.2 Å². The number of aromatic hydroxyl groups is 1. The quantitative estimate of drug-likeness (QED) is 0.257. The minimum Gasteiger partial charge on any atom is -0.504 e. The van der Waals surface area contributed by atoms with E-state index in [-0.39, 0.29) is 40.4 Å². The SMILES string of the molecule is CCCC(C(=O)O)c1ccc(N=C2NC(=O)/C(=C/c3ccc(-c4cc(CO)c(O)c(OC)c4)cc3)S2)cc1F. The van der Waals surface area contributed by atoms with E-state index in [2.05, 4.69) is 10.3 Å². The molecule has 1 unspecified atom stereocenters. The summed E-state index contributed by atoms with van der Waals surface area (Å²) >= 11 is 1.11. The van der Waals surface area contributed by atoms with Gasteiger partial charge in [-0.15, -0.1) is 0 Å². The number of aliphatic imine (C=N–C) groups is 1. The molecule has 1 atom stereocenters. The van der Waals surface area contributed by atoms with Crippen LogP contribution in [0, 0.1) is 5.82 Å². The van der Waals surface area contributed by atoms with Gasteiger partial charge in [0.15, 0.2) is 16.7 Å². The molecule has 10 heteroatoms. The highest BCUT2D eigenvalue weighted by Crippen LogP contribution is 2.36. The molecule has 1 saturated heterocycles. The first-order valence-corrected chi connectivity index (χ1v) is 13.0. The summed E-state index contributed by atoms with van der Waals surface area (Å²) in [5.41, 5.74) is 3.05. The lowest BCUT2D eigenvalue weighted by atomic mass is 9.94. The Morgan fingerprint density at radius 3 is 2.51 bits per heavy atom. The second-order valence-electron chi connectivity index (χ2n) is 8.83. The topological polar surface area (TPSA) is 128 Å². The van der Waals surface area contributed by atoms with Crippen molar-refractivity contribution in [1.29, 1.82) is 0 Å². The molecule has 1 fully saturated rings. The minimum absolute atomic E-state index is 0.105. The highest BCUT2D eigenvalue weighted by Gasteiger charge is 2.25. The fourth-order valence-electron chi connectivity index (χ4n) is 4.20. The third-order valence-electron chi connectivity index (χ3n) is 6.20. The number of nitrogens with zero attached hydrogens (tertiary/aromatic N) is 1. The number of methoxy groups -OCH3 is 1. The first-order chi connectivity index (χ1) is 18.7. The second-order valence-corrected chi connectivity index (χ2v) is 9.86. The predicted molar refractivity (Wildman–Crippen MR) is 149 cm³/mol. The van der Waals surface area contributed by atoms with Gasteiger partial charge in [-0.1, -0.05) is 43.7 Å². The maximum Gasteiger partial charge on any atom is 0.311 e. The summed E-state index contributed by atoms with van der Waals surface area (Å²) in [5, 5.41) is 32.0. The molecule has 1 aliphatic rings. The Bertz CT molecular complexity index is 1440. The molecule has 0 spiro atoms. The van der Waals surface area contributed by atoms with E-state index in [1.807, 2.05) is 31.2 Å². The van der Waals surface area contributed by atoms with E-state index in [0.717, 1.165) is 28.5 Å². The van der Waals surface area contributed by atoms with Gasteiger partial charge in [-0.2, -0.15) is 0 Å². The van der Waals surface area contributed by atoms with Crippen LogP contribution < -0.4 is 10.1 Å². The van der Waals surface area contributed by atoms with Crippen LogP contribution in [0.15, 0.2) is 64.5 Å². The maximum absolute atomic E-state index is 14.7. The lowest BCUT2D eigenvalue weighted by molar-refractivity contribution is -0.139. The van der Waals surface area contributed by atoms with E-state index >= 15 is 0 Å². The Balaban J connectivity index is 1.52. The smallest absolute Gasteiger partial charge is 0.311 e. The van der Waals surface area contributed by atoms with Crippen LogP contribution in [-0.4, -0.2) is 39.5 Å². The fraction of sp³-hybridized carbons (Fsp3) is 0.207. The van der Waals surface area contributed by atoms with Crippen molar-refractivity contribution in [2.24, 2.45) is 4.99 Å². The molecule has 0 saturated carbocycles. The summed E-state index contributed by atoms with van der Waals surface area (Å²) in [6, 6.07) is 14.8. The van der Waals surface area contributed by atoms with Crippen LogP contribution in [0.3, 0.4) is 0 Å². The number of amides is 1. The number of aliphatic hydroxyl groups is 1. The standard InChI is InChI=1S/C29H27FN2O6S/c1-3-4-22(28(36)37)21-10-9-20(14-23(21)30)31-29-32-27(35)25(39-29)11-16-5-7-17(8-6-16)18-12-19(15-33)26(34)24(13-18)38-2/h5-14,22,33-34H,3-4,15H2,1-2H3,(H,36,37)(H,31,32,35)/b25-11-. The number of hydrogen-bond donors (Lipinski definition) is 4. The molecule has 4 rings (SSSR count). The minimum atomic E-state index is -1.08. The van der Waals surface area contributed by atoms with Crippen molar-refractivity contribution in [3.63, 3.8) is 0 Å². The lowest BCUT2D eigenvalue weighted by Gasteiger charge is -2.12. The number of carbonyl (C=O) groups is 2. The second kappa shape index (κ2) is 12.1. The summed E-state index contributed by atoms with van der Waals surface area (Å²) in [6.07, 6.45) is 2.64. The number of carboxylic acids is 1. The molecule has 0 radical (unpaired) electrons. The van der Waals surface area contributed by atoms with Crippen molar-refractivity contribution in [2.75, 3.05) is 7.11 Å². The number of aliphatic hydroxyl groups excluding tert-OH is 1. The van der Waals surface area contributed by atoms with Gasteiger partial charge in [-0.25, -0.2) is 9.38 Å². The Kier molecular flexibility index (Phi) is 8.68. The number of nitrogens with one attached hydrogen (secondary N) is 1. The van der Waals surface area contributed by atoms with Crippen molar-refractivity contribution in [2.45, 2.75) is 32.3 Å². The summed E-state index contributed by atoms with van der Waals surface area (Å²) in [7, 11) is 1.44. The van der Waals surface area contributed by atoms with Crippen molar-refractivity contribution in [3.8, 4) is 22.6 Å². The largest absolute Gasteiger partial charge is 0.504 e. The highest BCUT2D eigenvalue weighted by atomic mass is 32.2. The summed E-state index contributed by atoms with van der Waals surface area (Å²) < 4.78 is 19.9. The first-order valence-electron chi connectivity index (χ1n) is 12.2. The number of hydrogen-bond acceptors (Lipinski definition) is 7. The van der Waals surface area contributed by atoms with Crippen LogP contribution >= 0.6 is 11.8 Å². The van der Waals surface area contributed by atoms with E-state index in [0.29, 0.717) is 23.3 Å². The van der Waals surface area contributed by atoms with E-state index in [1.165, 1.54) is 25.3 Å². The zero-order valence-corrected chi connectivity index (χ0v) is 22.1. The van der Waals surface area contributed by atoms with Gasteiger partial charge in [0, 0.05) is 11.1 Å². The third kappa shape index (κ3) is 6.30. The summed E-state index contributed by atoms with van der Waals surface area (Å²) in [6.45, 7) is 1.50. The van der Waals surface area contributed by atoms with Crippen LogP contribution in [0.4, 0.5) is 10.1 Å². The number of aliphatic carboxylic acids is 1. The average molecular weight is 551 g/mol. The number of ether oxygens (including phenoxy) is 1. The molecule has 3 aromatic carbocycles. The number of thioether (sulfide) groups is 1. The number of carboxylic acid groups (broad SMARTS) is 1. The number of amidine groups is 1. The van der Waals surface area contributed by atoms with Gasteiger partial charge in [0.2, 0.25) is 0 Å². The monoisotopic (exact) mass is 550 g/mol. The Morgan fingerprint density at radius 1 is 1.15 bits per heavy atom. The van der Waals surface area contributed by atoms with E-state index < -0.39 is 17.7 Å². The summed E-state index contributed by atoms with van der Waals surface area (Å²) in [5.74, 6) is -2.85. The third-order valence-corrected chi connectivity index (χ3v) is 7.11. The molecule has 1 heterocycles. The van der Waals surface area contributed by atoms with Crippen LogP contribution in [0.25, 0.3) is 17.2 Å². The zero-order valence-electron chi connectivity index (χ0n) is 21.3. The molecule has 0 bridgehead atoms. The van der Waals surface area contributed by atoms with Gasteiger partial charge in [0.05, 0.1) is 30.2 Å². The van der Waals surface area contributed by atoms with Gasteiger partial charge in [0.1, 0.15) is 5.82 Å². The molecule has 1 amide bonds. The molecule has 39 heavy (non-hydrogen) atoms. The molecule has 8 nitrogen and oxygen atoms in total. The van der Waals surface area contributed by atoms with E-state index in [4.69, 9.17) is 4.74 Å². The molecular weight excluding hydrogens is 523 g/mol. The van der Waals surface area contributed by atoms with Gasteiger partial charge in [0.25, 0.3) is 5.91 Å². The van der Waals surface area contributed by atoms with Gasteiger partial charge < -0.3 is 25.4 Å². The number of carbonyl (C=O) groups excluding carboxylic acids is 1. The summed E-state index contributed by atoms with van der Waals surface area (Å²) in [4.78, 5) is 28.7. The van der Waals surface area contributed by atoms with Crippen LogP contribution in [0.1, 0.15) is 42.4 Å². The van der Waals surface area contributed by atoms with E-state index in [9.17, 15) is 29.3 Å². The number of phenols is 1. The first kappa shape index (κ1) is 27.9. The molecule has 4 N–H and O–H groups in total. The number of benzene rings is 3. The molecule has 0 aliphatic carbocycles. The fourth-order valence-corrected chi connectivity index (χ4v) is 5.04. The highest BCUT2D eigenvalue weighted by molar-refractivity contribution is 8.18.